The number of carbonyl (C=O) groups is 1. The molecule has 1 aliphatic heterocycles. The lowest BCUT2D eigenvalue weighted by atomic mass is 10.1. The average molecular weight is 567 g/mol. The van der Waals surface area contributed by atoms with E-state index in [1.54, 1.807) is 6.07 Å². The first kappa shape index (κ1) is 27.7. The summed E-state index contributed by atoms with van der Waals surface area (Å²) in [6, 6.07) is 20.2. The number of halogens is 3. The molecular formula is C30H29F3N4O2S. The molecule has 4 aromatic rings. The average Bonchev–Trinajstić information content (AvgIpc) is 3.41. The highest BCUT2D eigenvalue weighted by molar-refractivity contribution is 7.14. The fourth-order valence-electron chi connectivity index (χ4n) is 4.69. The molecule has 1 fully saturated rings. The number of thiazole rings is 1. The van der Waals surface area contributed by atoms with Gasteiger partial charge in [0.15, 0.2) is 5.13 Å². The summed E-state index contributed by atoms with van der Waals surface area (Å²) < 4.78 is 44.7. The summed E-state index contributed by atoms with van der Waals surface area (Å²) in [5, 5.41) is 8.49. The van der Waals surface area contributed by atoms with Gasteiger partial charge in [0.25, 0.3) is 5.91 Å². The molecule has 1 amide bonds. The van der Waals surface area contributed by atoms with E-state index >= 15 is 0 Å². The zero-order valence-corrected chi connectivity index (χ0v) is 22.9. The van der Waals surface area contributed by atoms with Crippen molar-refractivity contribution >= 4 is 33.8 Å². The zero-order valence-electron chi connectivity index (χ0n) is 22.0. The molecule has 5 rings (SSSR count). The van der Waals surface area contributed by atoms with Gasteiger partial charge in [-0.2, -0.15) is 13.2 Å². The van der Waals surface area contributed by atoms with Gasteiger partial charge in [0.05, 0.1) is 23.5 Å². The number of morpholine rings is 1. The molecule has 0 spiro atoms. The van der Waals surface area contributed by atoms with Gasteiger partial charge in [0, 0.05) is 47.5 Å². The number of hydrogen-bond donors (Lipinski definition) is 2. The number of nitrogens with zero attached hydrogens (tertiary/aromatic N) is 2. The van der Waals surface area contributed by atoms with Crippen molar-refractivity contribution < 1.29 is 22.7 Å². The molecule has 0 unspecified atom stereocenters. The Morgan fingerprint density at radius 3 is 2.48 bits per heavy atom. The van der Waals surface area contributed by atoms with Crippen LogP contribution in [0.5, 0.6) is 0 Å². The second-order valence-electron chi connectivity index (χ2n) is 9.83. The minimum Gasteiger partial charge on any atom is -0.372 e. The van der Waals surface area contributed by atoms with Gasteiger partial charge >= 0.3 is 6.18 Å². The number of ether oxygens (including phenoxy) is 1. The first-order valence-electron chi connectivity index (χ1n) is 12.9. The smallest absolute Gasteiger partial charge is 0.372 e. The van der Waals surface area contributed by atoms with E-state index in [1.807, 2.05) is 53.9 Å². The standard InChI is InChI=1S/C30H29F3N4O2S/c1-19-16-37(17-20(2)39-19)26-11-9-22(10-12-26)28(38)35-25-8-4-6-23(14-25)27-18-40-29(36-27)34-15-21-5-3-7-24(13-21)30(31,32)33/h3-14,18-20H,15-17H2,1-2H3,(H,34,36)(H,35,38)/t19-,20+. The highest BCUT2D eigenvalue weighted by Gasteiger charge is 2.30. The van der Waals surface area contributed by atoms with E-state index in [0.29, 0.717) is 27.6 Å². The van der Waals surface area contributed by atoms with Crippen LogP contribution in [0.1, 0.15) is 35.3 Å². The molecule has 3 aromatic carbocycles. The van der Waals surface area contributed by atoms with Gasteiger partial charge in [-0.25, -0.2) is 4.98 Å². The third kappa shape index (κ3) is 6.81. The Kier molecular flexibility index (Phi) is 8.09. The molecule has 0 bridgehead atoms. The number of aromatic nitrogens is 1. The molecule has 208 valence electrons. The monoisotopic (exact) mass is 566 g/mol. The van der Waals surface area contributed by atoms with Crippen LogP contribution in [0, 0.1) is 0 Å². The summed E-state index contributed by atoms with van der Waals surface area (Å²) in [4.78, 5) is 19.8. The quantitative estimate of drug-likeness (QED) is 0.246. The van der Waals surface area contributed by atoms with Crippen molar-refractivity contribution in [2.45, 2.75) is 38.8 Å². The van der Waals surface area contributed by atoms with Gasteiger partial charge in [-0.15, -0.1) is 11.3 Å². The normalized spacial score (nSPS) is 17.5. The zero-order chi connectivity index (χ0) is 28.3. The number of alkyl halides is 3. The Hall–Kier alpha value is -3.89. The van der Waals surface area contributed by atoms with Crippen molar-refractivity contribution in [2.24, 2.45) is 0 Å². The molecule has 2 heterocycles. The Morgan fingerprint density at radius 2 is 1.75 bits per heavy atom. The van der Waals surface area contributed by atoms with Gasteiger partial charge in [-0.3, -0.25) is 4.79 Å². The predicted octanol–water partition coefficient (Wildman–Crippen LogP) is 7.31. The Bertz CT molecular complexity index is 1460. The van der Waals surface area contributed by atoms with Crippen molar-refractivity contribution in [2.75, 3.05) is 28.6 Å². The fourth-order valence-corrected chi connectivity index (χ4v) is 5.41. The maximum absolute atomic E-state index is 13.0. The predicted molar refractivity (Wildman–Crippen MR) is 153 cm³/mol. The summed E-state index contributed by atoms with van der Waals surface area (Å²) in [7, 11) is 0. The van der Waals surface area contributed by atoms with Crippen LogP contribution < -0.4 is 15.5 Å². The number of amides is 1. The molecule has 0 radical (unpaired) electrons. The Balaban J connectivity index is 1.20. The Morgan fingerprint density at radius 1 is 1.02 bits per heavy atom. The summed E-state index contributed by atoms with van der Waals surface area (Å²) in [6.07, 6.45) is -4.08. The number of rotatable bonds is 7. The second-order valence-corrected chi connectivity index (χ2v) is 10.7. The number of anilines is 3. The highest BCUT2D eigenvalue weighted by Crippen LogP contribution is 2.31. The SMILES string of the molecule is C[C@@H]1CN(c2ccc(C(=O)Nc3cccc(-c4csc(NCc5cccc(C(F)(F)F)c5)n4)c3)cc2)C[C@H](C)O1. The molecule has 2 N–H and O–H groups in total. The van der Waals surface area contributed by atoms with E-state index in [0.717, 1.165) is 36.5 Å². The number of hydrogen-bond acceptors (Lipinski definition) is 6. The van der Waals surface area contributed by atoms with Crippen LogP contribution in [0.2, 0.25) is 0 Å². The molecule has 40 heavy (non-hydrogen) atoms. The fraction of sp³-hybridized carbons (Fsp3) is 0.267. The van der Waals surface area contributed by atoms with Crippen LogP contribution in [-0.2, 0) is 17.5 Å². The molecular weight excluding hydrogens is 537 g/mol. The highest BCUT2D eigenvalue weighted by atomic mass is 32.1. The summed E-state index contributed by atoms with van der Waals surface area (Å²) in [5.41, 5.74) is 3.59. The van der Waals surface area contributed by atoms with Crippen molar-refractivity contribution in [3.05, 3.63) is 94.9 Å². The van der Waals surface area contributed by atoms with Crippen molar-refractivity contribution in [3.63, 3.8) is 0 Å². The molecule has 1 saturated heterocycles. The van der Waals surface area contributed by atoms with Gasteiger partial charge in [0.1, 0.15) is 0 Å². The Labute approximate surface area is 234 Å². The van der Waals surface area contributed by atoms with Crippen LogP contribution in [0.3, 0.4) is 0 Å². The van der Waals surface area contributed by atoms with Crippen molar-refractivity contribution in [3.8, 4) is 11.3 Å². The minimum atomic E-state index is -4.38. The molecule has 2 atom stereocenters. The number of carbonyl (C=O) groups excluding carboxylic acids is 1. The van der Waals surface area contributed by atoms with Crippen LogP contribution in [0.4, 0.5) is 29.7 Å². The molecule has 0 saturated carbocycles. The molecule has 1 aliphatic rings. The van der Waals surface area contributed by atoms with Crippen molar-refractivity contribution in [1.29, 1.82) is 0 Å². The maximum Gasteiger partial charge on any atom is 0.416 e. The molecule has 10 heteroatoms. The lowest BCUT2D eigenvalue weighted by Gasteiger charge is -2.36. The first-order valence-corrected chi connectivity index (χ1v) is 13.8. The van der Waals surface area contributed by atoms with Gasteiger partial charge in [0.2, 0.25) is 0 Å². The van der Waals surface area contributed by atoms with Crippen molar-refractivity contribution in [1.82, 2.24) is 4.98 Å². The van der Waals surface area contributed by atoms with Crippen LogP contribution in [0.15, 0.2) is 78.2 Å². The van der Waals surface area contributed by atoms with Crippen LogP contribution in [0.25, 0.3) is 11.3 Å². The third-order valence-corrected chi connectivity index (χ3v) is 7.33. The van der Waals surface area contributed by atoms with E-state index in [2.05, 4.69) is 34.4 Å². The topological polar surface area (TPSA) is 66.5 Å². The lowest BCUT2D eigenvalue weighted by Crippen LogP contribution is -2.45. The number of benzene rings is 3. The second kappa shape index (κ2) is 11.7. The number of nitrogens with one attached hydrogen (secondary N) is 2. The third-order valence-electron chi connectivity index (χ3n) is 6.53. The largest absolute Gasteiger partial charge is 0.416 e. The molecule has 0 aliphatic carbocycles. The van der Waals surface area contributed by atoms with E-state index < -0.39 is 11.7 Å². The van der Waals surface area contributed by atoms with E-state index in [9.17, 15) is 18.0 Å². The van der Waals surface area contributed by atoms with Gasteiger partial charge in [-0.05, 0) is 67.9 Å². The molecule has 1 aromatic heterocycles. The van der Waals surface area contributed by atoms with Gasteiger partial charge < -0.3 is 20.3 Å². The maximum atomic E-state index is 13.0. The van der Waals surface area contributed by atoms with Crippen LogP contribution in [-0.4, -0.2) is 36.2 Å². The summed E-state index contributed by atoms with van der Waals surface area (Å²) in [6.45, 7) is 5.95. The van der Waals surface area contributed by atoms with Crippen LogP contribution >= 0.6 is 11.3 Å². The minimum absolute atomic E-state index is 0.152. The first-order chi connectivity index (χ1) is 19.1. The van der Waals surface area contributed by atoms with E-state index in [4.69, 9.17) is 4.74 Å². The van der Waals surface area contributed by atoms with E-state index in [1.165, 1.54) is 17.4 Å². The summed E-state index contributed by atoms with van der Waals surface area (Å²) >= 11 is 1.36. The van der Waals surface area contributed by atoms with E-state index in [-0.39, 0.29) is 24.7 Å². The molecule has 6 nitrogen and oxygen atoms in total. The lowest BCUT2D eigenvalue weighted by molar-refractivity contribution is -0.137. The van der Waals surface area contributed by atoms with Gasteiger partial charge in [-0.1, -0.05) is 24.3 Å². The summed E-state index contributed by atoms with van der Waals surface area (Å²) in [5.74, 6) is -0.214.